The normalized spacial score (nSPS) is 17.6. The summed E-state index contributed by atoms with van der Waals surface area (Å²) in [6, 6.07) is 11.2. The summed E-state index contributed by atoms with van der Waals surface area (Å²) in [6.07, 6.45) is 1.07. The minimum Gasteiger partial charge on any atom is -0.389 e. The number of hydrogen-bond acceptors (Lipinski definition) is 6. The Bertz CT molecular complexity index is 843. The Morgan fingerprint density at radius 3 is 2.66 bits per heavy atom. The SMILES string of the molecule is NC(=O)C1CCCN(c2ccc(NCC(O)CNC(=O)c3ccc(Cl)s3)cc2)C1. The van der Waals surface area contributed by atoms with Crippen molar-refractivity contribution >= 4 is 46.1 Å². The van der Waals surface area contributed by atoms with E-state index in [1.54, 1.807) is 12.1 Å². The molecule has 3 rings (SSSR count). The number of thiophene rings is 1. The van der Waals surface area contributed by atoms with Crippen LogP contribution >= 0.6 is 22.9 Å². The molecule has 2 amide bonds. The topological polar surface area (TPSA) is 108 Å². The van der Waals surface area contributed by atoms with Crippen molar-refractivity contribution in [3.63, 3.8) is 0 Å². The zero-order chi connectivity index (χ0) is 20.8. The van der Waals surface area contributed by atoms with Crippen molar-refractivity contribution in [1.82, 2.24) is 5.32 Å². The average molecular weight is 437 g/mol. The quantitative estimate of drug-likeness (QED) is 0.508. The lowest BCUT2D eigenvalue weighted by atomic mass is 9.97. The lowest BCUT2D eigenvalue weighted by Crippen LogP contribution is -2.41. The molecule has 0 spiro atoms. The van der Waals surface area contributed by atoms with E-state index in [0.29, 0.717) is 22.3 Å². The zero-order valence-corrected chi connectivity index (χ0v) is 17.5. The molecule has 156 valence electrons. The lowest BCUT2D eigenvalue weighted by molar-refractivity contribution is -0.122. The minimum atomic E-state index is -0.729. The number of piperidine rings is 1. The van der Waals surface area contributed by atoms with Crippen LogP contribution in [0.3, 0.4) is 0 Å². The van der Waals surface area contributed by atoms with Gasteiger partial charge in [-0.1, -0.05) is 11.6 Å². The van der Waals surface area contributed by atoms with Crippen molar-refractivity contribution in [3.8, 4) is 0 Å². The second kappa shape index (κ2) is 9.96. The lowest BCUT2D eigenvalue weighted by Gasteiger charge is -2.33. The van der Waals surface area contributed by atoms with Crippen LogP contribution in [0.2, 0.25) is 4.34 Å². The molecule has 29 heavy (non-hydrogen) atoms. The van der Waals surface area contributed by atoms with E-state index in [2.05, 4.69) is 15.5 Å². The number of anilines is 2. The molecule has 1 aliphatic rings. The van der Waals surface area contributed by atoms with Gasteiger partial charge in [-0.3, -0.25) is 9.59 Å². The third-order valence-corrected chi connectivity index (χ3v) is 6.12. The molecule has 2 unspecified atom stereocenters. The Hall–Kier alpha value is -2.29. The number of amides is 2. The van der Waals surface area contributed by atoms with Crippen LogP contribution in [0, 0.1) is 5.92 Å². The van der Waals surface area contributed by atoms with Crippen molar-refractivity contribution in [2.24, 2.45) is 11.7 Å². The highest BCUT2D eigenvalue weighted by atomic mass is 35.5. The van der Waals surface area contributed by atoms with E-state index in [1.807, 2.05) is 24.3 Å². The van der Waals surface area contributed by atoms with Gasteiger partial charge in [-0.25, -0.2) is 0 Å². The van der Waals surface area contributed by atoms with E-state index in [9.17, 15) is 14.7 Å². The fourth-order valence-corrected chi connectivity index (χ4v) is 4.24. The molecule has 1 aliphatic heterocycles. The van der Waals surface area contributed by atoms with Gasteiger partial charge < -0.3 is 26.4 Å². The molecule has 1 aromatic heterocycles. The molecule has 7 nitrogen and oxygen atoms in total. The summed E-state index contributed by atoms with van der Waals surface area (Å²) in [6.45, 7) is 2.00. The van der Waals surface area contributed by atoms with Crippen LogP contribution in [0.5, 0.6) is 0 Å². The van der Waals surface area contributed by atoms with E-state index in [0.717, 1.165) is 30.8 Å². The molecule has 9 heteroatoms. The molecule has 1 saturated heterocycles. The van der Waals surface area contributed by atoms with Crippen molar-refractivity contribution in [1.29, 1.82) is 0 Å². The number of primary amides is 1. The van der Waals surface area contributed by atoms with Crippen molar-refractivity contribution < 1.29 is 14.7 Å². The molecule has 0 radical (unpaired) electrons. The standard InChI is InChI=1S/C20H25ClN4O3S/c21-18-8-7-17(29-18)20(28)24-11-16(26)10-23-14-3-5-15(6-4-14)25-9-1-2-13(12-25)19(22)27/h3-8,13,16,23,26H,1-2,9-12H2,(H2,22,27)(H,24,28). The number of nitrogens with one attached hydrogen (secondary N) is 2. The zero-order valence-electron chi connectivity index (χ0n) is 15.9. The molecular weight excluding hydrogens is 412 g/mol. The second-order valence-corrected chi connectivity index (χ2v) is 8.80. The second-order valence-electron chi connectivity index (χ2n) is 7.08. The number of hydrogen-bond donors (Lipinski definition) is 4. The smallest absolute Gasteiger partial charge is 0.261 e. The van der Waals surface area contributed by atoms with Crippen LogP contribution in [0.1, 0.15) is 22.5 Å². The molecule has 2 heterocycles. The summed E-state index contributed by atoms with van der Waals surface area (Å²) < 4.78 is 0.551. The van der Waals surface area contributed by atoms with Crippen LogP contribution in [-0.4, -0.2) is 49.2 Å². The Morgan fingerprint density at radius 2 is 2.00 bits per heavy atom. The van der Waals surface area contributed by atoms with Gasteiger partial charge in [0.15, 0.2) is 0 Å². The Balaban J connectivity index is 1.43. The monoisotopic (exact) mass is 436 g/mol. The van der Waals surface area contributed by atoms with Crippen LogP contribution in [0.15, 0.2) is 36.4 Å². The Kier molecular flexibility index (Phi) is 7.35. The molecule has 0 bridgehead atoms. The first-order chi connectivity index (χ1) is 13.9. The van der Waals surface area contributed by atoms with E-state index < -0.39 is 6.10 Å². The maximum absolute atomic E-state index is 12.0. The number of aliphatic hydroxyl groups is 1. The molecular formula is C20H25ClN4O3S. The van der Waals surface area contributed by atoms with Crippen LogP contribution in [0.25, 0.3) is 0 Å². The van der Waals surface area contributed by atoms with Crippen LogP contribution in [-0.2, 0) is 4.79 Å². The van der Waals surface area contributed by atoms with Crippen molar-refractivity contribution in [2.45, 2.75) is 18.9 Å². The van der Waals surface area contributed by atoms with Gasteiger partial charge in [0, 0.05) is 37.6 Å². The fourth-order valence-electron chi connectivity index (χ4n) is 3.28. The van der Waals surface area contributed by atoms with Gasteiger partial charge in [-0.15, -0.1) is 11.3 Å². The van der Waals surface area contributed by atoms with Gasteiger partial charge in [0.25, 0.3) is 5.91 Å². The molecule has 5 N–H and O–H groups in total. The van der Waals surface area contributed by atoms with Gasteiger partial charge in [0.1, 0.15) is 0 Å². The van der Waals surface area contributed by atoms with Crippen molar-refractivity contribution in [2.75, 3.05) is 36.4 Å². The number of carbonyl (C=O) groups is 2. The third-order valence-electron chi connectivity index (χ3n) is 4.89. The number of aliphatic hydroxyl groups excluding tert-OH is 1. The van der Waals surface area contributed by atoms with Gasteiger partial charge in [-0.2, -0.15) is 0 Å². The van der Waals surface area contributed by atoms with Gasteiger partial charge in [0.05, 0.1) is 21.2 Å². The maximum Gasteiger partial charge on any atom is 0.261 e. The first-order valence-electron chi connectivity index (χ1n) is 9.52. The number of benzene rings is 1. The summed E-state index contributed by atoms with van der Waals surface area (Å²) in [5.74, 6) is -0.588. The molecule has 2 aromatic rings. The number of nitrogens with zero attached hydrogens (tertiary/aromatic N) is 1. The van der Waals surface area contributed by atoms with E-state index in [4.69, 9.17) is 17.3 Å². The average Bonchev–Trinajstić information content (AvgIpc) is 3.17. The number of nitrogens with two attached hydrogens (primary N) is 1. The van der Waals surface area contributed by atoms with Gasteiger partial charge in [0.2, 0.25) is 5.91 Å². The minimum absolute atomic E-state index is 0.0999. The van der Waals surface area contributed by atoms with E-state index in [-0.39, 0.29) is 24.3 Å². The summed E-state index contributed by atoms with van der Waals surface area (Å²) in [7, 11) is 0. The first-order valence-corrected chi connectivity index (χ1v) is 10.7. The fraction of sp³-hybridized carbons (Fsp3) is 0.400. The van der Waals surface area contributed by atoms with E-state index >= 15 is 0 Å². The number of carbonyl (C=O) groups excluding carboxylic acids is 2. The summed E-state index contributed by atoms with van der Waals surface area (Å²) in [4.78, 5) is 26.1. The highest BCUT2D eigenvalue weighted by Gasteiger charge is 2.24. The highest BCUT2D eigenvalue weighted by molar-refractivity contribution is 7.17. The number of rotatable bonds is 8. The maximum atomic E-state index is 12.0. The van der Waals surface area contributed by atoms with Crippen LogP contribution in [0.4, 0.5) is 11.4 Å². The Morgan fingerprint density at radius 1 is 1.24 bits per heavy atom. The van der Waals surface area contributed by atoms with Crippen LogP contribution < -0.4 is 21.3 Å². The Labute approximate surface area is 178 Å². The van der Waals surface area contributed by atoms with Gasteiger partial charge >= 0.3 is 0 Å². The molecule has 0 saturated carbocycles. The third kappa shape index (κ3) is 6.09. The number of halogens is 1. The van der Waals surface area contributed by atoms with E-state index in [1.165, 1.54) is 11.3 Å². The molecule has 1 fully saturated rings. The largest absolute Gasteiger partial charge is 0.389 e. The summed E-state index contributed by atoms with van der Waals surface area (Å²) in [5.41, 5.74) is 7.36. The molecule has 2 atom stereocenters. The summed E-state index contributed by atoms with van der Waals surface area (Å²) in [5, 5.41) is 15.9. The van der Waals surface area contributed by atoms with Crippen molar-refractivity contribution in [3.05, 3.63) is 45.6 Å². The highest BCUT2D eigenvalue weighted by Crippen LogP contribution is 2.24. The predicted molar refractivity (Wildman–Crippen MR) is 117 cm³/mol. The predicted octanol–water partition coefficient (Wildman–Crippen LogP) is 2.31. The van der Waals surface area contributed by atoms with Gasteiger partial charge in [-0.05, 0) is 49.2 Å². The molecule has 1 aromatic carbocycles. The first kappa shape index (κ1) is 21.4. The summed E-state index contributed by atoms with van der Waals surface area (Å²) >= 11 is 7.02. The molecule has 0 aliphatic carbocycles.